The minimum Gasteiger partial charge on any atom is -0.374 e. The summed E-state index contributed by atoms with van der Waals surface area (Å²) in [6, 6.07) is 0.0737. The molecule has 2 unspecified atom stereocenters. The Labute approximate surface area is 126 Å². The standard InChI is InChI=1S/C14H25ClN4O/c1-4-6-18-7-8-20-12(10-18)13(16-3)14-11(15)9-17-19(14)5-2/h9,12-13,16H,4-8,10H2,1-3H3. The molecular weight excluding hydrogens is 276 g/mol. The van der Waals surface area contributed by atoms with Gasteiger partial charge >= 0.3 is 0 Å². The molecule has 2 atom stereocenters. The molecule has 1 aromatic heterocycles. The summed E-state index contributed by atoms with van der Waals surface area (Å²) in [7, 11) is 1.95. The molecule has 1 aromatic rings. The van der Waals surface area contributed by atoms with Crippen LogP contribution in [0.25, 0.3) is 0 Å². The Bertz CT molecular complexity index is 421. The van der Waals surface area contributed by atoms with E-state index in [2.05, 4.69) is 29.2 Å². The average molecular weight is 301 g/mol. The minimum absolute atomic E-state index is 0.0737. The topological polar surface area (TPSA) is 42.3 Å². The Kier molecular flexibility index (Phi) is 5.84. The number of aromatic nitrogens is 2. The Morgan fingerprint density at radius 1 is 1.55 bits per heavy atom. The monoisotopic (exact) mass is 300 g/mol. The summed E-state index contributed by atoms with van der Waals surface area (Å²) in [5.41, 5.74) is 1.03. The summed E-state index contributed by atoms with van der Waals surface area (Å²) in [4.78, 5) is 2.46. The highest BCUT2D eigenvalue weighted by atomic mass is 35.5. The van der Waals surface area contributed by atoms with Gasteiger partial charge in [-0.1, -0.05) is 18.5 Å². The third-order valence-electron chi connectivity index (χ3n) is 3.83. The average Bonchev–Trinajstić information content (AvgIpc) is 2.82. The van der Waals surface area contributed by atoms with Gasteiger partial charge in [0.05, 0.1) is 35.7 Å². The zero-order valence-electron chi connectivity index (χ0n) is 12.6. The van der Waals surface area contributed by atoms with Gasteiger partial charge in [-0.15, -0.1) is 0 Å². The number of likely N-dealkylation sites (N-methyl/N-ethyl adjacent to an activating group) is 1. The summed E-state index contributed by atoms with van der Waals surface area (Å²) >= 11 is 6.32. The Balaban J connectivity index is 2.16. The maximum absolute atomic E-state index is 6.32. The number of hydrogen-bond donors (Lipinski definition) is 1. The van der Waals surface area contributed by atoms with Crippen LogP contribution in [0.3, 0.4) is 0 Å². The van der Waals surface area contributed by atoms with Crippen LogP contribution in [-0.2, 0) is 11.3 Å². The quantitative estimate of drug-likeness (QED) is 0.872. The van der Waals surface area contributed by atoms with Gasteiger partial charge in [-0.25, -0.2) is 0 Å². The highest BCUT2D eigenvalue weighted by Gasteiger charge is 2.31. The van der Waals surface area contributed by atoms with Crippen LogP contribution in [0.5, 0.6) is 0 Å². The van der Waals surface area contributed by atoms with Gasteiger partial charge in [0.15, 0.2) is 0 Å². The van der Waals surface area contributed by atoms with Gasteiger partial charge < -0.3 is 10.1 Å². The molecule has 1 fully saturated rings. The number of nitrogens with zero attached hydrogens (tertiary/aromatic N) is 3. The van der Waals surface area contributed by atoms with Crippen molar-refractivity contribution in [1.82, 2.24) is 20.0 Å². The summed E-state index contributed by atoms with van der Waals surface area (Å²) in [6.45, 7) is 8.95. The highest BCUT2D eigenvalue weighted by molar-refractivity contribution is 6.31. The normalized spacial score (nSPS) is 22.1. The first-order valence-electron chi connectivity index (χ1n) is 7.43. The van der Waals surface area contributed by atoms with E-state index >= 15 is 0 Å². The van der Waals surface area contributed by atoms with E-state index in [0.717, 1.165) is 38.5 Å². The zero-order chi connectivity index (χ0) is 14.5. The van der Waals surface area contributed by atoms with E-state index in [1.807, 2.05) is 11.7 Å². The number of rotatable bonds is 6. The number of ether oxygens (including phenoxy) is 1. The van der Waals surface area contributed by atoms with E-state index in [-0.39, 0.29) is 12.1 Å². The molecule has 1 aliphatic rings. The summed E-state index contributed by atoms with van der Waals surface area (Å²) < 4.78 is 7.93. The predicted molar refractivity (Wildman–Crippen MR) is 81.2 cm³/mol. The number of morpholine rings is 1. The summed E-state index contributed by atoms with van der Waals surface area (Å²) in [5.74, 6) is 0. The molecule has 2 rings (SSSR count). The van der Waals surface area contributed by atoms with Crippen molar-refractivity contribution < 1.29 is 4.74 Å². The molecule has 5 nitrogen and oxygen atoms in total. The van der Waals surface area contributed by atoms with Gasteiger partial charge in [-0.05, 0) is 26.9 Å². The second-order valence-corrected chi connectivity index (χ2v) is 5.58. The summed E-state index contributed by atoms with van der Waals surface area (Å²) in [6.07, 6.45) is 3.00. The van der Waals surface area contributed by atoms with Crippen LogP contribution >= 0.6 is 11.6 Å². The SMILES string of the molecule is CCCN1CCOC(C(NC)c2c(Cl)cnn2CC)C1. The molecule has 20 heavy (non-hydrogen) atoms. The van der Waals surface area contributed by atoms with Gasteiger partial charge in [-0.2, -0.15) is 5.10 Å². The van der Waals surface area contributed by atoms with Crippen molar-refractivity contribution in [3.63, 3.8) is 0 Å². The maximum atomic E-state index is 6.32. The lowest BCUT2D eigenvalue weighted by atomic mass is 10.1. The number of halogens is 1. The van der Waals surface area contributed by atoms with Gasteiger partial charge in [-0.3, -0.25) is 9.58 Å². The van der Waals surface area contributed by atoms with Gasteiger partial charge in [0.2, 0.25) is 0 Å². The molecule has 0 amide bonds. The maximum Gasteiger partial charge on any atom is 0.0912 e. The van der Waals surface area contributed by atoms with E-state index in [1.54, 1.807) is 6.20 Å². The molecule has 1 aliphatic heterocycles. The molecule has 6 heteroatoms. The molecule has 0 bridgehead atoms. The van der Waals surface area contributed by atoms with Crippen LogP contribution in [0, 0.1) is 0 Å². The van der Waals surface area contributed by atoms with Gasteiger partial charge in [0.1, 0.15) is 0 Å². The van der Waals surface area contributed by atoms with E-state index < -0.39 is 0 Å². The highest BCUT2D eigenvalue weighted by Crippen LogP contribution is 2.28. The van der Waals surface area contributed by atoms with Crippen LogP contribution in [-0.4, -0.2) is 54.1 Å². The van der Waals surface area contributed by atoms with Crippen molar-refractivity contribution in [3.05, 3.63) is 16.9 Å². The van der Waals surface area contributed by atoms with Crippen molar-refractivity contribution in [2.45, 2.75) is 39.0 Å². The van der Waals surface area contributed by atoms with Crippen molar-refractivity contribution in [2.75, 3.05) is 33.3 Å². The fourth-order valence-corrected chi connectivity index (χ4v) is 3.14. The van der Waals surface area contributed by atoms with Gasteiger partial charge in [0.25, 0.3) is 0 Å². The van der Waals surface area contributed by atoms with E-state index in [4.69, 9.17) is 16.3 Å². The van der Waals surface area contributed by atoms with Crippen LogP contribution in [0.4, 0.5) is 0 Å². The smallest absolute Gasteiger partial charge is 0.0912 e. The van der Waals surface area contributed by atoms with Crippen LogP contribution in [0.15, 0.2) is 6.20 Å². The number of aryl methyl sites for hydroxylation is 1. The van der Waals surface area contributed by atoms with E-state index in [1.165, 1.54) is 6.42 Å². The van der Waals surface area contributed by atoms with Crippen molar-refractivity contribution in [2.24, 2.45) is 0 Å². The fourth-order valence-electron chi connectivity index (χ4n) is 2.88. The summed E-state index contributed by atoms with van der Waals surface area (Å²) in [5, 5.41) is 8.39. The van der Waals surface area contributed by atoms with Crippen LogP contribution < -0.4 is 5.32 Å². The zero-order valence-corrected chi connectivity index (χ0v) is 13.4. The molecule has 114 valence electrons. The minimum atomic E-state index is 0.0737. The first kappa shape index (κ1) is 15.8. The fraction of sp³-hybridized carbons (Fsp3) is 0.786. The van der Waals surface area contributed by atoms with Crippen molar-refractivity contribution in [3.8, 4) is 0 Å². The lowest BCUT2D eigenvalue weighted by molar-refractivity contribution is -0.0471. The number of hydrogen-bond acceptors (Lipinski definition) is 4. The van der Waals surface area contributed by atoms with Crippen LogP contribution in [0.2, 0.25) is 5.02 Å². The van der Waals surface area contributed by atoms with Gasteiger partial charge in [0, 0.05) is 19.6 Å². The van der Waals surface area contributed by atoms with E-state index in [0.29, 0.717) is 5.02 Å². The molecule has 0 aromatic carbocycles. The Morgan fingerprint density at radius 3 is 3.00 bits per heavy atom. The van der Waals surface area contributed by atoms with Crippen molar-refractivity contribution in [1.29, 1.82) is 0 Å². The molecule has 0 spiro atoms. The Hall–Kier alpha value is -0.620. The molecule has 1 saturated heterocycles. The molecular formula is C14H25ClN4O. The first-order valence-corrected chi connectivity index (χ1v) is 7.81. The molecule has 1 N–H and O–H groups in total. The first-order chi connectivity index (χ1) is 9.71. The molecule has 0 radical (unpaired) electrons. The lowest BCUT2D eigenvalue weighted by Crippen LogP contribution is -2.48. The largest absolute Gasteiger partial charge is 0.374 e. The predicted octanol–water partition coefficient (Wildman–Crippen LogP) is 1.93. The Morgan fingerprint density at radius 2 is 2.35 bits per heavy atom. The second-order valence-electron chi connectivity index (χ2n) is 5.17. The van der Waals surface area contributed by atoms with E-state index in [9.17, 15) is 0 Å². The third-order valence-corrected chi connectivity index (χ3v) is 4.12. The number of nitrogens with one attached hydrogen (secondary N) is 1. The van der Waals surface area contributed by atoms with Crippen molar-refractivity contribution >= 4 is 11.6 Å². The van der Waals surface area contributed by atoms with Crippen LogP contribution in [0.1, 0.15) is 32.0 Å². The second kappa shape index (κ2) is 7.41. The molecule has 0 saturated carbocycles. The lowest BCUT2D eigenvalue weighted by Gasteiger charge is -2.37. The molecule has 2 heterocycles. The third kappa shape index (κ3) is 3.34. The molecule has 0 aliphatic carbocycles.